The summed E-state index contributed by atoms with van der Waals surface area (Å²) in [7, 11) is 5.79. The molecule has 90 valence electrons. The predicted molar refractivity (Wildman–Crippen MR) is 56.8 cm³/mol. The highest BCUT2D eigenvalue weighted by atomic mass is 16.8. The Morgan fingerprint density at radius 3 is 1.38 bits per heavy atom. The molecule has 0 saturated carbocycles. The number of hydrogen-bond acceptors (Lipinski definition) is 5. The van der Waals surface area contributed by atoms with E-state index in [9.17, 15) is 4.79 Å². The first kappa shape index (κ1) is 13.1. The van der Waals surface area contributed by atoms with E-state index in [-0.39, 0.29) is 5.78 Å². The molecule has 5 heteroatoms. The van der Waals surface area contributed by atoms with Crippen molar-refractivity contribution in [2.24, 2.45) is 0 Å². The lowest BCUT2D eigenvalue weighted by atomic mass is 10.1. The quantitative estimate of drug-likeness (QED) is 0.662. The fourth-order valence-electron chi connectivity index (χ4n) is 1.68. The fourth-order valence-corrected chi connectivity index (χ4v) is 1.68. The highest BCUT2D eigenvalue weighted by Crippen LogP contribution is 2.35. The van der Waals surface area contributed by atoms with E-state index >= 15 is 0 Å². The van der Waals surface area contributed by atoms with Gasteiger partial charge in [-0.3, -0.25) is 4.79 Å². The molecule has 16 heavy (non-hydrogen) atoms. The Balaban J connectivity index is 3.33. The van der Waals surface area contributed by atoms with Crippen LogP contribution in [-0.4, -0.2) is 45.8 Å². The van der Waals surface area contributed by atoms with E-state index in [2.05, 4.69) is 0 Å². The standard InChI is InChI=1S/C11H16O5/c1-13-10(14-2)7-5-9(12)6-8-11(10,15-3)16-4/h5-8H,1-4H3. The average Bonchev–Trinajstić information content (AvgIpc) is 2.47. The summed E-state index contributed by atoms with van der Waals surface area (Å²) in [6.07, 6.45) is 5.65. The number of allylic oxidation sites excluding steroid dienone is 2. The summed E-state index contributed by atoms with van der Waals surface area (Å²) in [6, 6.07) is 0. The van der Waals surface area contributed by atoms with Crippen molar-refractivity contribution in [3.05, 3.63) is 24.3 Å². The van der Waals surface area contributed by atoms with E-state index in [1.807, 2.05) is 0 Å². The van der Waals surface area contributed by atoms with Crippen LogP contribution in [0.2, 0.25) is 0 Å². The molecule has 0 spiro atoms. The van der Waals surface area contributed by atoms with Gasteiger partial charge in [-0.15, -0.1) is 0 Å². The van der Waals surface area contributed by atoms with E-state index in [0.29, 0.717) is 0 Å². The highest BCUT2D eigenvalue weighted by molar-refractivity contribution is 5.99. The van der Waals surface area contributed by atoms with Crippen molar-refractivity contribution < 1.29 is 23.7 Å². The van der Waals surface area contributed by atoms with E-state index in [4.69, 9.17) is 18.9 Å². The number of methoxy groups -OCH3 is 4. The zero-order chi connectivity index (χ0) is 12.2. The first-order chi connectivity index (χ1) is 7.59. The van der Waals surface area contributed by atoms with Gasteiger partial charge in [0.1, 0.15) is 0 Å². The van der Waals surface area contributed by atoms with Gasteiger partial charge in [-0.2, -0.15) is 0 Å². The van der Waals surface area contributed by atoms with Gasteiger partial charge in [-0.1, -0.05) is 0 Å². The second kappa shape index (κ2) is 4.88. The maximum absolute atomic E-state index is 11.3. The van der Waals surface area contributed by atoms with E-state index in [0.717, 1.165) is 0 Å². The van der Waals surface area contributed by atoms with Gasteiger partial charge < -0.3 is 18.9 Å². The molecule has 1 aliphatic rings. The lowest BCUT2D eigenvalue weighted by Gasteiger charge is -2.41. The molecule has 0 heterocycles. The largest absolute Gasteiger partial charge is 0.345 e. The molecular formula is C11H16O5. The molecule has 0 aromatic heterocycles. The lowest BCUT2D eigenvalue weighted by molar-refractivity contribution is -0.343. The van der Waals surface area contributed by atoms with Crippen LogP contribution in [0.25, 0.3) is 0 Å². The van der Waals surface area contributed by atoms with Crippen LogP contribution in [0.5, 0.6) is 0 Å². The number of carbonyl (C=O) groups is 1. The number of ketones is 1. The predicted octanol–water partition coefficient (Wildman–Crippen LogP) is 0.660. The number of ether oxygens (including phenoxy) is 4. The van der Waals surface area contributed by atoms with Crippen LogP contribution in [0.1, 0.15) is 0 Å². The fraction of sp³-hybridized carbons (Fsp3) is 0.545. The summed E-state index contributed by atoms with van der Waals surface area (Å²) in [5.74, 6) is -2.77. The smallest absolute Gasteiger partial charge is 0.248 e. The van der Waals surface area contributed by atoms with Crippen molar-refractivity contribution in [2.45, 2.75) is 11.6 Å². The van der Waals surface area contributed by atoms with Crippen LogP contribution in [0, 0.1) is 0 Å². The first-order valence-corrected chi connectivity index (χ1v) is 4.72. The van der Waals surface area contributed by atoms with Crippen LogP contribution < -0.4 is 0 Å². The van der Waals surface area contributed by atoms with Crippen molar-refractivity contribution in [1.82, 2.24) is 0 Å². The highest BCUT2D eigenvalue weighted by Gasteiger charge is 2.52. The molecular weight excluding hydrogens is 212 g/mol. The lowest BCUT2D eigenvalue weighted by Crippen LogP contribution is -2.56. The Morgan fingerprint density at radius 1 is 0.812 bits per heavy atom. The molecule has 0 aromatic carbocycles. The minimum Gasteiger partial charge on any atom is -0.345 e. The van der Waals surface area contributed by atoms with Gasteiger partial charge in [0.15, 0.2) is 5.78 Å². The molecule has 0 N–H and O–H groups in total. The number of carbonyl (C=O) groups excluding carboxylic acids is 1. The molecule has 1 aliphatic carbocycles. The van der Waals surface area contributed by atoms with Crippen LogP contribution in [0.4, 0.5) is 0 Å². The van der Waals surface area contributed by atoms with E-state index in [1.54, 1.807) is 0 Å². The third-order valence-electron chi connectivity index (χ3n) is 2.63. The molecule has 0 fully saturated rings. The van der Waals surface area contributed by atoms with Gasteiger partial charge in [0, 0.05) is 28.4 Å². The number of hydrogen-bond donors (Lipinski definition) is 0. The minimum absolute atomic E-state index is 0.186. The topological polar surface area (TPSA) is 54.0 Å². The third-order valence-corrected chi connectivity index (χ3v) is 2.63. The molecule has 0 atom stereocenters. The Labute approximate surface area is 94.6 Å². The van der Waals surface area contributed by atoms with Crippen LogP contribution >= 0.6 is 0 Å². The molecule has 5 nitrogen and oxygen atoms in total. The molecule has 0 aromatic rings. The van der Waals surface area contributed by atoms with Crippen molar-refractivity contribution >= 4 is 5.78 Å². The van der Waals surface area contributed by atoms with Crippen LogP contribution in [-0.2, 0) is 23.7 Å². The Morgan fingerprint density at radius 2 is 1.12 bits per heavy atom. The van der Waals surface area contributed by atoms with Crippen LogP contribution in [0.3, 0.4) is 0 Å². The molecule has 0 bridgehead atoms. The summed E-state index contributed by atoms with van der Waals surface area (Å²) in [5, 5.41) is 0. The van der Waals surface area contributed by atoms with Crippen molar-refractivity contribution in [1.29, 1.82) is 0 Å². The van der Waals surface area contributed by atoms with Gasteiger partial charge in [0.25, 0.3) is 0 Å². The Bertz CT molecular complexity index is 280. The maximum Gasteiger partial charge on any atom is 0.248 e. The summed E-state index contributed by atoms with van der Waals surface area (Å²) in [4.78, 5) is 11.3. The number of rotatable bonds is 4. The summed E-state index contributed by atoms with van der Waals surface area (Å²) in [6.45, 7) is 0. The van der Waals surface area contributed by atoms with Gasteiger partial charge in [-0.05, 0) is 24.3 Å². The second-order valence-corrected chi connectivity index (χ2v) is 3.22. The second-order valence-electron chi connectivity index (χ2n) is 3.22. The Kier molecular flexibility index (Phi) is 3.98. The normalized spacial score (nSPS) is 22.1. The minimum atomic E-state index is -1.29. The first-order valence-electron chi connectivity index (χ1n) is 4.72. The molecule has 1 rings (SSSR count). The molecule has 0 amide bonds. The maximum atomic E-state index is 11.3. The Hall–Kier alpha value is -1.01. The van der Waals surface area contributed by atoms with Gasteiger partial charge in [0.2, 0.25) is 11.6 Å². The van der Waals surface area contributed by atoms with Crippen molar-refractivity contribution in [2.75, 3.05) is 28.4 Å². The van der Waals surface area contributed by atoms with E-state index < -0.39 is 11.6 Å². The molecule has 0 radical (unpaired) electrons. The van der Waals surface area contributed by atoms with Crippen molar-refractivity contribution in [3.8, 4) is 0 Å². The zero-order valence-corrected chi connectivity index (χ0v) is 9.85. The third kappa shape index (κ3) is 1.82. The monoisotopic (exact) mass is 228 g/mol. The molecule has 0 saturated heterocycles. The summed E-state index contributed by atoms with van der Waals surface area (Å²) >= 11 is 0. The van der Waals surface area contributed by atoms with Gasteiger partial charge >= 0.3 is 0 Å². The van der Waals surface area contributed by atoms with Gasteiger partial charge in [0.05, 0.1) is 0 Å². The summed E-state index contributed by atoms with van der Waals surface area (Å²) < 4.78 is 21.2. The average molecular weight is 228 g/mol. The zero-order valence-electron chi connectivity index (χ0n) is 9.85. The molecule has 0 aliphatic heterocycles. The van der Waals surface area contributed by atoms with Crippen LogP contribution in [0.15, 0.2) is 24.3 Å². The van der Waals surface area contributed by atoms with E-state index in [1.165, 1.54) is 52.7 Å². The summed E-state index contributed by atoms with van der Waals surface area (Å²) in [5.41, 5.74) is 0. The van der Waals surface area contributed by atoms with Crippen molar-refractivity contribution in [3.63, 3.8) is 0 Å². The molecule has 0 unspecified atom stereocenters. The SMILES string of the molecule is COC1(OC)C=CC(=O)C=CC1(OC)OC. The van der Waals surface area contributed by atoms with Gasteiger partial charge in [-0.25, -0.2) is 0 Å².